The van der Waals surface area contributed by atoms with Gasteiger partial charge >= 0.3 is 0 Å². The van der Waals surface area contributed by atoms with Crippen molar-refractivity contribution >= 4 is 11.8 Å². The van der Waals surface area contributed by atoms with Crippen LogP contribution in [-0.4, -0.2) is 32.6 Å². The standard InChI is InChI=1S/C15H19FN4OS/c16-12-6-8-14(9-7-12)21-10-3-11-22-15-17-18-19-20(15)13-4-1-2-5-13/h6-9,13H,1-5,10-11H2. The Morgan fingerprint density at radius 3 is 2.77 bits per heavy atom. The van der Waals surface area contributed by atoms with Crippen LogP contribution in [0.25, 0.3) is 0 Å². The molecule has 1 aromatic heterocycles. The van der Waals surface area contributed by atoms with Crippen LogP contribution in [0, 0.1) is 5.82 Å². The summed E-state index contributed by atoms with van der Waals surface area (Å²) in [6.07, 6.45) is 5.76. The van der Waals surface area contributed by atoms with E-state index in [1.807, 2.05) is 4.68 Å². The summed E-state index contributed by atoms with van der Waals surface area (Å²) in [7, 11) is 0. The van der Waals surface area contributed by atoms with Crippen LogP contribution in [0.2, 0.25) is 0 Å². The number of tetrazole rings is 1. The van der Waals surface area contributed by atoms with Gasteiger partial charge < -0.3 is 4.74 Å². The second-order valence-corrected chi connectivity index (χ2v) is 6.41. The number of nitrogens with zero attached hydrogens (tertiary/aromatic N) is 4. The van der Waals surface area contributed by atoms with Crippen molar-refractivity contribution in [2.45, 2.75) is 43.3 Å². The Hall–Kier alpha value is -1.63. The molecule has 1 aromatic carbocycles. The molecule has 0 atom stereocenters. The first-order valence-corrected chi connectivity index (χ1v) is 8.60. The Morgan fingerprint density at radius 1 is 1.23 bits per heavy atom. The number of ether oxygens (including phenoxy) is 1. The Labute approximate surface area is 133 Å². The van der Waals surface area contributed by atoms with E-state index in [0.29, 0.717) is 18.4 Å². The van der Waals surface area contributed by atoms with Gasteiger partial charge in [0.25, 0.3) is 0 Å². The molecule has 0 bridgehead atoms. The fraction of sp³-hybridized carbons (Fsp3) is 0.533. The fourth-order valence-corrected chi connectivity index (χ4v) is 3.46. The molecule has 0 radical (unpaired) electrons. The third kappa shape index (κ3) is 3.97. The zero-order chi connectivity index (χ0) is 15.2. The van der Waals surface area contributed by atoms with Crippen LogP contribution in [0.15, 0.2) is 29.4 Å². The predicted molar refractivity (Wildman–Crippen MR) is 82.6 cm³/mol. The predicted octanol–water partition coefficient (Wildman–Crippen LogP) is 3.49. The van der Waals surface area contributed by atoms with Crippen LogP contribution in [0.4, 0.5) is 4.39 Å². The molecular weight excluding hydrogens is 303 g/mol. The number of hydrogen-bond acceptors (Lipinski definition) is 5. The minimum absolute atomic E-state index is 0.248. The van der Waals surface area contributed by atoms with Crippen molar-refractivity contribution in [2.75, 3.05) is 12.4 Å². The van der Waals surface area contributed by atoms with Crippen molar-refractivity contribution in [3.63, 3.8) is 0 Å². The molecule has 2 aromatic rings. The minimum Gasteiger partial charge on any atom is -0.494 e. The van der Waals surface area contributed by atoms with E-state index in [-0.39, 0.29) is 5.82 Å². The fourth-order valence-electron chi connectivity index (χ4n) is 2.60. The van der Waals surface area contributed by atoms with Gasteiger partial charge in [-0.3, -0.25) is 0 Å². The molecule has 0 aliphatic heterocycles. The second-order valence-electron chi connectivity index (χ2n) is 5.35. The molecule has 1 aliphatic carbocycles. The lowest BCUT2D eigenvalue weighted by Crippen LogP contribution is -2.08. The first-order valence-electron chi connectivity index (χ1n) is 7.62. The van der Waals surface area contributed by atoms with E-state index >= 15 is 0 Å². The van der Waals surface area contributed by atoms with Gasteiger partial charge in [0.15, 0.2) is 0 Å². The van der Waals surface area contributed by atoms with Crippen LogP contribution in [-0.2, 0) is 0 Å². The van der Waals surface area contributed by atoms with E-state index in [9.17, 15) is 4.39 Å². The van der Waals surface area contributed by atoms with Gasteiger partial charge in [0.1, 0.15) is 11.6 Å². The molecule has 5 nitrogen and oxygen atoms in total. The number of aromatic nitrogens is 4. The first kappa shape index (κ1) is 15.3. The Morgan fingerprint density at radius 2 is 2.00 bits per heavy atom. The third-order valence-electron chi connectivity index (χ3n) is 3.74. The number of benzene rings is 1. The highest BCUT2D eigenvalue weighted by Gasteiger charge is 2.21. The summed E-state index contributed by atoms with van der Waals surface area (Å²) in [6, 6.07) is 6.55. The van der Waals surface area contributed by atoms with Crippen molar-refractivity contribution in [3.8, 4) is 5.75 Å². The van der Waals surface area contributed by atoms with Gasteiger partial charge in [-0.1, -0.05) is 24.6 Å². The smallest absolute Gasteiger partial charge is 0.209 e. The van der Waals surface area contributed by atoms with Crippen LogP contribution in [0.3, 0.4) is 0 Å². The summed E-state index contributed by atoms with van der Waals surface area (Å²) in [4.78, 5) is 0. The van der Waals surface area contributed by atoms with E-state index in [0.717, 1.165) is 17.3 Å². The highest BCUT2D eigenvalue weighted by Crippen LogP contribution is 2.31. The quantitative estimate of drug-likeness (QED) is 0.577. The first-order chi connectivity index (χ1) is 10.8. The van der Waals surface area contributed by atoms with Gasteiger partial charge in [-0.15, -0.1) is 5.10 Å². The molecule has 0 saturated heterocycles. The lowest BCUT2D eigenvalue weighted by Gasteiger charge is -2.10. The van der Waals surface area contributed by atoms with E-state index in [1.54, 1.807) is 23.9 Å². The molecule has 118 valence electrons. The maximum atomic E-state index is 12.8. The normalized spacial score (nSPS) is 15.3. The summed E-state index contributed by atoms with van der Waals surface area (Å²) in [5.41, 5.74) is 0. The van der Waals surface area contributed by atoms with Crippen LogP contribution in [0.5, 0.6) is 5.75 Å². The summed E-state index contributed by atoms with van der Waals surface area (Å²) >= 11 is 1.67. The molecule has 1 heterocycles. The average Bonchev–Trinajstić information content (AvgIpc) is 3.19. The Bertz CT molecular complexity index is 583. The summed E-state index contributed by atoms with van der Waals surface area (Å²) in [5, 5.41) is 12.9. The maximum Gasteiger partial charge on any atom is 0.209 e. The van der Waals surface area contributed by atoms with Crippen molar-refractivity contribution in [3.05, 3.63) is 30.1 Å². The Kier molecular flexibility index (Phi) is 5.26. The lowest BCUT2D eigenvalue weighted by molar-refractivity contribution is 0.318. The molecule has 0 unspecified atom stereocenters. The Balaban J connectivity index is 1.40. The van der Waals surface area contributed by atoms with Crippen molar-refractivity contribution in [1.82, 2.24) is 20.2 Å². The highest BCUT2D eigenvalue weighted by molar-refractivity contribution is 7.99. The average molecular weight is 322 g/mol. The largest absolute Gasteiger partial charge is 0.494 e. The van der Waals surface area contributed by atoms with Crippen LogP contribution >= 0.6 is 11.8 Å². The summed E-state index contributed by atoms with van der Waals surface area (Å²) < 4.78 is 20.3. The molecular formula is C15H19FN4OS. The number of rotatable bonds is 7. The molecule has 0 amide bonds. The van der Waals surface area contributed by atoms with E-state index in [2.05, 4.69) is 15.5 Å². The van der Waals surface area contributed by atoms with Gasteiger partial charge in [0.05, 0.1) is 12.6 Å². The molecule has 7 heteroatoms. The van der Waals surface area contributed by atoms with E-state index in [4.69, 9.17) is 4.74 Å². The van der Waals surface area contributed by atoms with E-state index < -0.39 is 0 Å². The van der Waals surface area contributed by atoms with Gasteiger partial charge in [-0.05, 0) is 54.0 Å². The SMILES string of the molecule is Fc1ccc(OCCCSc2nnnn2C2CCCC2)cc1. The zero-order valence-corrected chi connectivity index (χ0v) is 13.1. The number of thioether (sulfide) groups is 1. The van der Waals surface area contributed by atoms with Gasteiger partial charge in [-0.2, -0.15) is 0 Å². The monoisotopic (exact) mass is 322 g/mol. The zero-order valence-electron chi connectivity index (χ0n) is 12.3. The number of hydrogen-bond donors (Lipinski definition) is 0. The molecule has 1 saturated carbocycles. The van der Waals surface area contributed by atoms with Gasteiger partial charge in [0, 0.05) is 5.75 Å². The lowest BCUT2D eigenvalue weighted by atomic mass is 10.3. The molecule has 22 heavy (non-hydrogen) atoms. The minimum atomic E-state index is -0.248. The van der Waals surface area contributed by atoms with E-state index in [1.165, 1.54) is 37.8 Å². The molecule has 1 aliphatic rings. The van der Waals surface area contributed by atoms with Crippen molar-refractivity contribution in [2.24, 2.45) is 0 Å². The molecule has 1 fully saturated rings. The number of halogens is 1. The summed E-state index contributed by atoms with van der Waals surface area (Å²) in [6.45, 7) is 0.601. The van der Waals surface area contributed by atoms with Crippen LogP contribution < -0.4 is 4.74 Å². The highest BCUT2D eigenvalue weighted by atomic mass is 32.2. The topological polar surface area (TPSA) is 52.8 Å². The summed E-state index contributed by atoms with van der Waals surface area (Å²) in [5.74, 6) is 1.35. The van der Waals surface area contributed by atoms with Gasteiger partial charge in [0.2, 0.25) is 5.16 Å². The second kappa shape index (κ2) is 7.58. The van der Waals surface area contributed by atoms with Crippen molar-refractivity contribution < 1.29 is 9.13 Å². The third-order valence-corrected chi connectivity index (χ3v) is 4.76. The van der Waals surface area contributed by atoms with Crippen LogP contribution in [0.1, 0.15) is 38.1 Å². The maximum absolute atomic E-state index is 12.8. The molecule has 3 rings (SSSR count). The molecule has 0 N–H and O–H groups in total. The van der Waals surface area contributed by atoms with Crippen molar-refractivity contribution in [1.29, 1.82) is 0 Å². The molecule has 0 spiro atoms. The van der Waals surface area contributed by atoms with Gasteiger partial charge in [-0.25, -0.2) is 9.07 Å².